The van der Waals surface area contributed by atoms with E-state index in [4.69, 9.17) is 5.26 Å². The molecule has 0 heterocycles. The normalized spacial score (nSPS) is 10.0. The van der Waals surface area contributed by atoms with Gasteiger partial charge >= 0.3 is 0 Å². The molecule has 0 radical (unpaired) electrons. The fourth-order valence-electron chi connectivity index (χ4n) is 2.78. The predicted molar refractivity (Wildman–Crippen MR) is 108 cm³/mol. The second-order valence-electron chi connectivity index (χ2n) is 6.40. The van der Waals surface area contributed by atoms with Crippen LogP contribution in [0.2, 0.25) is 0 Å². The Labute approximate surface area is 163 Å². The van der Waals surface area contributed by atoms with Gasteiger partial charge in [0.1, 0.15) is 0 Å². The highest BCUT2D eigenvalue weighted by molar-refractivity contribution is 6.06. The molecule has 5 heteroatoms. The molecule has 2 N–H and O–H groups in total. The van der Waals surface area contributed by atoms with Gasteiger partial charge in [-0.15, -0.1) is 0 Å². The lowest BCUT2D eigenvalue weighted by Gasteiger charge is -2.09. The highest BCUT2D eigenvalue weighted by Gasteiger charge is 2.11. The summed E-state index contributed by atoms with van der Waals surface area (Å²) in [5, 5.41) is 14.6. The van der Waals surface area contributed by atoms with Crippen molar-refractivity contribution in [3.05, 3.63) is 101 Å². The maximum Gasteiger partial charge on any atom is 0.255 e. The van der Waals surface area contributed by atoms with E-state index in [0.717, 1.165) is 11.1 Å². The molecule has 0 saturated heterocycles. The molecule has 3 aromatic carbocycles. The van der Waals surface area contributed by atoms with Crippen LogP contribution in [0.3, 0.4) is 0 Å². The monoisotopic (exact) mass is 369 g/mol. The molecule has 0 saturated carbocycles. The van der Waals surface area contributed by atoms with E-state index in [2.05, 4.69) is 10.6 Å². The van der Waals surface area contributed by atoms with Gasteiger partial charge in [0, 0.05) is 23.4 Å². The molecule has 0 aliphatic rings. The van der Waals surface area contributed by atoms with Crippen molar-refractivity contribution in [3.8, 4) is 6.07 Å². The molecule has 0 aliphatic carbocycles. The zero-order chi connectivity index (χ0) is 19.9. The zero-order valence-corrected chi connectivity index (χ0v) is 15.4. The van der Waals surface area contributed by atoms with Crippen LogP contribution in [-0.4, -0.2) is 11.8 Å². The fourth-order valence-corrected chi connectivity index (χ4v) is 2.78. The van der Waals surface area contributed by atoms with E-state index in [9.17, 15) is 9.59 Å². The molecule has 3 rings (SSSR count). The Morgan fingerprint density at radius 3 is 2.36 bits per heavy atom. The lowest BCUT2D eigenvalue weighted by Crippen LogP contribution is -2.23. The third-order valence-electron chi connectivity index (χ3n) is 4.17. The second kappa shape index (κ2) is 8.65. The molecule has 138 valence electrons. The molecule has 0 spiro atoms. The number of carbonyl (C=O) groups is 2. The SMILES string of the molecule is Cc1cccc(CNC(=O)c2cccc(C(=O)Nc3cccc(C#N)c3)c2)c1. The van der Waals surface area contributed by atoms with Gasteiger partial charge in [0.25, 0.3) is 11.8 Å². The van der Waals surface area contributed by atoms with Crippen LogP contribution in [0.4, 0.5) is 5.69 Å². The van der Waals surface area contributed by atoms with Crippen LogP contribution in [0.15, 0.2) is 72.8 Å². The summed E-state index contributed by atoms with van der Waals surface area (Å²) < 4.78 is 0. The lowest BCUT2D eigenvalue weighted by molar-refractivity contribution is 0.0951. The first-order chi connectivity index (χ1) is 13.5. The number of carbonyl (C=O) groups excluding carboxylic acids is 2. The van der Waals surface area contributed by atoms with Crippen LogP contribution in [0.25, 0.3) is 0 Å². The van der Waals surface area contributed by atoms with E-state index in [1.165, 1.54) is 0 Å². The van der Waals surface area contributed by atoms with E-state index in [-0.39, 0.29) is 11.8 Å². The quantitative estimate of drug-likeness (QED) is 0.712. The van der Waals surface area contributed by atoms with Gasteiger partial charge in [-0.1, -0.05) is 42.0 Å². The summed E-state index contributed by atoms with van der Waals surface area (Å²) in [6, 6.07) is 23.1. The third-order valence-corrected chi connectivity index (χ3v) is 4.17. The van der Waals surface area contributed by atoms with Gasteiger partial charge in [0.15, 0.2) is 0 Å². The average Bonchev–Trinajstić information content (AvgIpc) is 2.72. The molecule has 28 heavy (non-hydrogen) atoms. The minimum absolute atomic E-state index is 0.248. The van der Waals surface area contributed by atoms with E-state index in [1.54, 1.807) is 48.5 Å². The molecule has 0 aliphatic heterocycles. The smallest absolute Gasteiger partial charge is 0.255 e. The summed E-state index contributed by atoms with van der Waals surface area (Å²) in [5.41, 5.74) is 3.91. The maximum atomic E-state index is 12.5. The summed E-state index contributed by atoms with van der Waals surface area (Å²) in [6.07, 6.45) is 0. The van der Waals surface area contributed by atoms with Crippen molar-refractivity contribution in [2.24, 2.45) is 0 Å². The summed E-state index contributed by atoms with van der Waals surface area (Å²) in [4.78, 5) is 24.9. The van der Waals surface area contributed by atoms with Gasteiger partial charge < -0.3 is 10.6 Å². The van der Waals surface area contributed by atoms with Gasteiger partial charge in [-0.2, -0.15) is 5.26 Å². The Morgan fingerprint density at radius 1 is 0.893 bits per heavy atom. The maximum absolute atomic E-state index is 12.5. The number of hydrogen-bond donors (Lipinski definition) is 2. The van der Waals surface area contributed by atoms with E-state index >= 15 is 0 Å². The molecular formula is C23H19N3O2. The Kier molecular flexibility index (Phi) is 5.83. The summed E-state index contributed by atoms with van der Waals surface area (Å²) in [7, 11) is 0. The summed E-state index contributed by atoms with van der Waals surface area (Å²) in [5.74, 6) is -0.592. The standard InChI is InChI=1S/C23H19N3O2/c1-16-5-2-7-18(11-16)15-25-22(27)19-8-4-9-20(13-19)23(28)26-21-10-3-6-17(12-21)14-24/h2-13H,15H2,1H3,(H,25,27)(H,26,28). The second-order valence-corrected chi connectivity index (χ2v) is 6.40. The molecule has 3 aromatic rings. The summed E-state index contributed by atoms with van der Waals surface area (Å²) >= 11 is 0. The average molecular weight is 369 g/mol. The highest BCUT2D eigenvalue weighted by Crippen LogP contribution is 2.13. The van der Waals surface area contributed by atoms with Crippen LogP contribution in [-0.2, 0) is 6.54 Å². The number of rotatable bonds is 5. The largest absolute Gasteiger partial charge is 0.348 e. The van der Waals surface area contributed by atoms with Gasteiger partial charge in [0.2, 0.25) is 0 Å². The molecule has 0 unspecified atom stereocenters. The number of benzene rings is 3. The van der Waals surface area contributed by atoms with Crippen LogP contribution in [0.5, 0.6) is 0 Å². The van der Waals surface area contributed by atoms with Crippen molar-refractivity contribution >= 4 is 17.5 Å². The van der Waals surface area contributed by atoms with Crippen LogP contribution < -0.4 is 10.6 Å². The van der Waals surface area contributed by atoms with Crippen LogP contribution in [0, 0.1) is 18.3 Å². The van der Waals surface area contributed by atoms with Gasteiger partial charge in [-0.3, -0.25) is 9.59 Å². The Bertz CT molecular complexity index is 1070. The first-order valence-corrected chi connectivity index (χ1v) is 8.80. The summed E-state index contributed by atoms with van der Waals surface area (Å²) in [6.45, 7) is 2.41. The van der Waals surface area contributed by atoms with Gasteiger partial charge in [-0.05, 0) is 48.9 Å². The number of amides is 2. The molecule has 5 nitrogen and oxygen atoms in total. The zero-order valence-electron chi connectivity index (χ0n) is 15.4. The fraction of sp³-hybridized carbons (Fsp3) is 0.0870. The lowest BCUT2D eigenvalue weighted by atomic mass is 10.1. The number of nitrogens with one attached hydrogen (secondary N) is 2. The first kappa shape index (κ1) is 18.9. The Balaban J connectivity index is 1.68. The number of aryl methyl sites for hydroxylation is 1. The molecule has 0 atom stereocenters. The number of nitriles is 1. The van der Waals surface area contributed by atoms with Crippen molar-refractivity contribution in [2.45, 2.75) is 13.5 Å². The third kappa shape index (κ3) is 4.83. The minimum Gasteiger partial charge on any atom is -0.348 e. The highest BCUT2D eigenvalue weighted by atomic mass is 16.2. The van der Waals surface area contributed by atoms with Crippen LogP contribution >= 0.6 is 0 Å². The van der Waals surface area contributed by atoms with Crippen molar-refractivity contribution in [1.82, 2.24) is 5.32 Å². The molecule has 0 fully saturated rings. The Hall–Kier alpha value is -3.91. The first-order valence-electron chi connectivity index (χ1n) is 8.80. The Morgan fingerprint density at radius 2 is 1.61 bits per heavy atom. The van der Waals surface area contributed by atoms with Crippen LogP contribution in [0.1, 0.15) is 37.4 Å². The molecular weight excluding hydrogens is 350 g/mol. The van der Waals surface area contributed by atoms with Crippen molar-refractivity contribution in [3.63, 3.8) is 0 Å². The number of hydrogen-bond acceptors (Lipinski definition) is 3. The molecule has 2 amide bonds. The van der Waals surface area contributed by atoms with Crippen molar-refractivity contribution in [1.29, 1.82) is 5.26 Å². The number of nitrogens with zero attached hydrogens (tertiary/aromatic N) is 1. The predicted octanol–water partition coefficient (Wildman–Crippen LogP) is 4.05. The number of anilines is 1. The van der Waals surface area contributed by atoms with Gasteiger partial charge in [-0.25, -0.2) is 0 Å². The topological polar surface area (TPSA) is 82.0 Å². The van der Waals surface area contributed by atoms with Crippen molar-refractivity contribution in [2.75, 3.05) is 5.32 Å². The molecule has 0 bridgehead atoms. The van der Waals surface area contributed by atoms with E-state index in [1.807, 2.05) is 37.3 Å². The van der Waals surface area contributed by atoms with Crippen molar-refractivity contribution < 1.29 is 9.59 Å². The molecule has 0 aromatic heterocycles. The van der Waals surface area contributed by atoms with E-state index in [0.29, 0.717) is 28.9 Å². The van der Waals surface area contributed by atoms with Gasteiger partial charge in [0.05, 0.1) is 11.6 Å². The minimum atomic E-state index is -0.344. The van der Waals surface area contributed by atoms with E-state index < -0.39 is 0 Å².